The minimum absolute atomic E-state index is 0.159. The van der Waals surface area contributed by atoms with Gasteiger partial charge in [0.25, 0.3) is 0 Å². The molecule has 1 heteroatoms. The van der Waals surface area contributed by atoms with E-state index < -0.39 is 0 Å². The molecule has 0 aliphatic rings. The second kappa shape index (κ2) is 3.26. The molecule has 0 aliphatic carbocycles. The van der Waals surface area contributed by atoms with E-state index in [0.717, 1.165) is 12.8 Å². The van der Waals surface area contributed by atoms with E-state index in [1.54, 1.807) is 0 Å². The highest BCUT2D eigenvalue weighted by molar-refractivity contribution is 4.90. The summed E-state index contributed by atoms with van der Waals surface area (Å²) in [6.45, 7) is 17.6. The molecule has 0 unspecified atom stereocenters. The van der Waals surface area contributed by atoms with Gasteiger partial charge >= 0.3 is 0 Å². The van der Waals surface area contributed by atoms with Gasteiger partial charge in [-0.3, -0.25) is 0 Å². The zero-order valence-corrected chi connectivity index (χ0v) is 8.36. The molecule has 0 saturated heterocycles. The van der Waals surface area contributed by atoms with Crippen molar-refractivity contribution < 1.29 is 0 Å². The Morgan fingerprint density at radius 2 is 1.45 bits per heavy atom. The van der Waals surface area contributed by atoms with E-state index in [2.05, 4.69) is 25.6 Å². The standard InChI is InChI=1S/C10H19N/c1-9(2,3)7-8-10(4,5)11-6/h7-8H2,1-5H3. The number of hydrogen-bond donors (Lipinski definition) is 0. The molecule has 11 heavy (non-hydrogen) atoms. The number of hydrogen-bond acceptors (Lipinski definition) is 0. The van der Waals surface area contributed by atoms with Crippen molar-refractivity contribution in [2.45, 2.75) is 53.0 Å². The Kier molecular flexibility index (Phi) is 3.11. The summed E-state index contributed by atoms with van der Waals surface area (Å²) >= 11 is 0. The summed E-state index contributed by atoms with van der Waals surface area (Å²) < 4.78 is 0. The fourth-order valence-corrected chi connectivity index (χ4v) is 0.737. The molecule has 0 spiro atoms. The van der Waals surface area contributed by atoms with Crippen molar-refractivity contribution in [3.8, 4) is 0 Å². The van der Waals surface area contributed by atoms with Gasteiger partial charge in [-0.25, -0.2) is 6.57 Å². The third-order valence-electron chi connectivity index (χ3n) is 1.79. The van der Waals surface area contributed by atoms with Crippen molar-refractivity contribution >= 4 is 0 Å². The molecule has 0 amide bonds. The van der Waals surface area contributed by atoms with Crippen LogP contribution in [0, 0.1) is 12.0 Å². The maximum Gasteiger partial charge on any atom is 0.227 e. The highest BCUT2D eigenvalue weighted by Gasteiger charge is 2.25. The van der Waals surface area contributed by atoms with Crippen LogP contribution in [-0.2, 0) is 0 Å². The predicted octanol–water partition coefficient (Wildman–Crippen LogP) is 3.51. The zero-order valence-electron chi connectivity index (χ0n) is 8.36. The first-order valence-electron chi connectivity index (χ1n) is 4.15. The molecule has 0 atom stereocenters. The lowest BCUT2D eigenvalue weighted by atomic mass is 9.85. The summed E-state index contributed by atoms with van der Waals surface area (Å²) in [5.74, 6) is 0. The first-order chi connectivity index (χ1) is 4.77. The van der Waals surface area contributed by atoms with E-state index in [0.29, 0.717) is 5.41 Å². The van der Waals surface area contributed by atoms with Crippen LogP contribution in [0.1, 0.15) is 47.5 Å². The molecule has 64 valence electrons. The van der Waals surface area contributed by atoms with Crippen molar-refractivity contribution in [2.24, 2.45) is 5.41 Å². The molecule has 0 aromatic rings. The first kappa shape index (κ1) is 10.5. The van der Waals surface area contributed by atoms with E-state index in [1.165, 1.54) is 0 Å². The van der Waals surface area contributed by atoms with E-state index in [4.69, 9.17) is 6.57 Å². The Morgan fingerprint density at radius 1 is 1.00 bits per heavy atom. The average molecular weight is 153 g/mol. The van der Waals surface area contributed by atoms with Crippen LogP contribution in [0.25, 0.3) is 4.85 Å². The second-order valence-electron chi connectivity index (χ2n) is 4.98. The molecule has 0 rings (SSSR count). The Morgan fingerprint density at radius 3 is 1.73 bits per heavy atom. The number of rotatable bonds is 2. The van der Waals surface area contributed by atoms with Gasteiger partial charge in [0.15, 0.2) is 0 Å². The van der Waals surface area contributed by atoms with Crippen molar-refractivity contribution in [3.63, 3.8) is 0 Å². The summed E-state index contributed by atoms with van der Waals surface area (Å²) in [6.07, 6.45) is 2.13. The van der Waals surface area contributed by atoms with Crippen molar-refractivity contribution in [2.75, 3.05) is 0 Å². The van der Waals surface area contributed by atoms with Crippen LogP contribution >= 0.6 is 0 Å². The zero-order chi connectivity index (χ0) is 9.12. The molecular formula is C10H19N. The molecule has 0 aliphatic heterocycles. The number of nitrogens with zero attached hydrogens (tertiary/aromatic N) is 1. The van der Waals surface area contributed by atoms with E-state index in [-0.39, 0.29) is 5.54 Å². The average Bonchev–Trinajstić information content (AvgIpc) is 1.83. The lowest BCUT2D eigenvalue weighted by Gasteiger charge is -2.20. The van der Waals surface area contributed by atoms with Gasteiger partial charge in [0.05, 0.1) is 0 Å². The van der Waals surface area contributed by atoms with Crippen molar-refractivity contribution in [1.82, 2.24) is 0 Å². The highest BCUT2D eigenvalue weighted by atomic mass is 14.8. The summed E-state index contributed by atoms with van der Waals surface area (Å²) in [5.41, 5.74) is 0.204. The maximum atomic E-state index is 6.94. The van der Waals surface area contributed by atoms with Gasteiger partial charge in [0.2, 0.25) is 5.54 Å². The maximum absolute atomic E-state index is 6.94. The lowest BCUT2D eigenvalue weighted by molar-refractivity contribution is 0.334. The molecular weight excluding hydrogens is 134 g/mol. The van der Waals surface area contributed by atoms with Crippen LogP contribution in [0.2, 0.25) is 0 Å². The van der Waals surface area contributed by atoms with Crippen molar-refractivity contribution in [1.29, 1.82) is 0 Å². The Labute approximate surface area is 70.6 Å². The largest absolute Gasteiger partial charge is 0.311 e. The monoisotopic (exact) mass is 153 g/mol. The minimum atomic E-state index is -0.159. The molecule has 0 fully saturated rings. The van der Waals surface area contributed by atoms with E-state index in [9.17, 15) is 0 Å². The third kappa shape index (κ3) is 5.91. The topological polar surface area (TPSA) is 4.36 Å². The molecule has 0 bridgehead atoms. The molecule has 0 aromatic heterocycles. The third-order valence-corrected chi connectivity index (χ3v) is 1.79. The van der Waals surface area contributed by atoms with Gasteiger partial charge in [-0.2, -0.15) is 0 Å². The van der Waals surface area contributed by atoms with Crippen LogP contribution in [-0.4, -0.2) is 5.54 Å². The predicted molar refractivity (Wildman–Crippen MR) is 49.4 cm³/mol. The van der Waals surface area contributed by atoms with E-state index in [1.807, 2.05) is 13.8 Å². The molecule has 0 aromatic carbocycles. The lowest BCUT2D eigenvalue weighted by Crippen LogP contribution is -2.17. The fraction of sp³-hybridized carbons (Fsp3) is 0.900. The quantitative estimate of drug-likeness (QED) is 0.535. The SMILES string of the molecule is [C-]#[N+]C(C)(C)CCC(C)(C)C. The Hall–Kier alpha value is -0.510. The van der Waals surface area contributed by atoms with Crippen molar-refractivity contribution in [3.05, 3.63) is 11.4 Å². The van der Waals surface area contributed by atoms with Gasteiger partial charge in [-0.15, -0.1) is 0 Å². The van der Waals surface area contributed by atoms with Crippen LogP contribution < -0.4 is 0 Å². The Balaban J connectivity index is 3.83. The van der Waals surface area contributed by atoms with E-state index >= 15 is 0 Å². The smallest absolute Gasteiger partial charge is 0.227 e. The summed E-state index contributed by atoms with van der Waals surface area (Å²) in [7, 11) is 0. The van der Waals surface area contributed by atoms with Gasteiger partial charge in [0.1, 0.15) is 0 Å². The fourth-order valence-electron chi connectivity index (χ4n) is 0.737. The summed E-state index contributed by atoms with van der Waals surface area (Å²) in [4.78, 5) is 3.57. The Bertz CT molecular complexity index is 155. The van der Waals surface area contributed by atoms with Gasteiger partial charge in [0, 0.05) is 20.3 Å². The molecule has 0 radical (unpaired) electrons. The second-order valence-corrected chi connectivity index (χ2v) is 4.98. The normalized spacial score (nSPS) is 12.7. The van der Waals surface area contributed by atoms with Crippen LogP contribution in [0.5, 0.6) is 0 Å². The molecule has 0 saturated carbocycles. The van der Waals surface area contributed by atoms with Crippen LogP contribution in [0.4, 0.5) is 0 Å². The first-order valence-corrected chi connectivity index (χ1v) is 4.15. The molecule has 0 heterocycles. The van der Waals surface area contributed by atoms with Crippen LogP contribution in [0.15, 0.2) is 0 Å². The minimum Gasteiger partial charge on any atom is -0.311 e. The molecule has 1 nitrogen and oxygen atoms in total. The van der Waals surface area contributed by atoms with Gasteiger partial charge < -0.3 is 4.85 Å². The van der Waals surface area contributed by atoms with Gasteiger partial charge in [-0.05, 0) is 11.8 Å². The molecule has 0 N–H and O–H groups in total. The summed E-state index contributed by atoms with van der Waals surface area (Å²) in [6, 6.07) is 0. The van der Waals surface area contributed by atoms with Gasteiger partial charge in [-0.1, -0.05) is 20.8 Å². The summed E-state index contributed by atoms with van der Waals surface area (Å²) in [5, 5.41) is 0. The highest BCUT2D eigenvalue weighted by Crippen LogP contribution is 2.26. The van der Waals surface area contributed by atoms with Crippen LogP contribution in [0.3, 0.4) is 0 Å².